The van der Waals surface area contributed by atoms with Crippen LogP contribution in [-0.4, -0.2) is 49.7 Å². The molecule has 35 heavy (non-hydrogen) atoms. The normalized spacial score (nSPS) is 23.6. The molecule has 0 unspecified atom stereocenters. The smallest absolute Gasteiger partial charge is 0.416 e. The van der Waals surface area contributed by atoms with Crippen LogP contribution in [0.3, 0.4) is 0 Å². The Morgan fingerprint density at radius 2 is 1.69 bits per heavy atom. The number of urea groups is 1. The van der Waals surface area contributed by atoms with Gasteiger partial charge >= 0.3 is 18.3 Å². The van der Waals surface area contributed by atoms with Crippen molar-refractivity contribution in [2.45, 2.75) is 50.3 Å². The number of nitrogens with one attached hydrogen (secondary N) is 3. The molecule has 0 radical (unpaired) electrons. The van der Waals surface area contributed by atoms with Gasteiger partial charge in [-0.2, -0.15) is 13.2 Å². The largest absolute Gasteiger partial charge is 0.441 e. The van der Waals surface area contributed by atoms with E-state index in [1.54, 1.807) is 0 Å². The molecule has 2 aromatic carbocycles. The summed E-state index contributed by atoms with van der Waals surface area (Å²) in [5, 5.41) is 7.86. The van der Waals surface area contributed by atoms with Crippen LogP contribution >= 0.6 is 0 Å². The zero-order valence-corrected chi connectivity index (χ0v) is 19.1. The first-order valence-electron chi connectivity index (χ1n) is 11.2. The minimum Gasteiger partial charge on any atom is -0.441 e. The van der Waals surface area contributed by atoms with E-state index >= 15 is 0 Å². The van der Waals surface area contributed by atoms with Crippen molar-refractivity contribution in [3.05, 3.63) is 59.7 Å². The summed E-state index contributed by atoms with van der Waals surface area (Å²) < 4.78 is 55.3. The third kappa shape index (κ3) is 6.04. The number of alkyl halides is 3. The molecule has 2 fully saturated rings. The summed E-state index contributed by atoms with van der Waals surface area (Å²) in [7, 11) is 0. The number of amides is 3. The maximum atomic E-state index is 12.9. The molecule has 0 aliphatic carbocycles. The predicted molar refractivity (Wildman–Crippen MR) is 121 cm³/mol. The summed E-state index contributed by atoms with van der Waals surface area (Å²) in [6, 6.07) is 10.9. The van der Waals surface area contributed by atoms with E-state index in [0.717, 1.165) is 17.7 Å². The molecular weight excluding hydrogens is 467 g/mol. The molecule has 3 amide bonds. The molecule has 2 aliphatic heterocycles. The maximum absolute atomic E-state index is 12.9. The molecule has 4 atom stereocenters. The van der Waals surface area contributed by atoms with Crippen LogP contribution in [0.5, 0.6) is 0 Å². The SMILES string of the molecule is CC(C)c1ccc(NC(=O)N[C@H]2CO[C@H]3[C@@H]2OC[C@H]3OC(=O)Nc2cccc(C(F)(F)F)c2)cc1. The van der Waals surface area contributed by atoms with Crippen LogP contribution in [0, 0.1) is 0 Å². The highest BCUT2D eigenvalue weighted by atomic mass is 19.4. The van der Waals surface area contributed by atoms with Crippen LogP contribution in [0.4, 0.5) is 34.1 Å². The van der Waals surface area contributed by atoms with Gasteiger partial charge in [-0.05, 0) is 41.8 Å². The summed E-state index contributed by atoms with van der Waals surface area (Å²) in [5.41, 5.74) is 0.861. The molecule has 8 nitrogen and oxygen atoms in total. The summed E-state index contributed by atoms with van der Waals surface area (Å²) in [6.07, 6.45) is -7.38. The predicted octanol–water partition coefficient (Wildman–Crippen LogP) is 4.73. The van der Waals surface area contributed by atoms with Crippen LogP contribution in [-0.2, 0) is 20.4 Å². The first kappa shape index (κ1) is 24.8. The second-order valence-corrected chi connectivity index (χ2v) is 8.72. The monoisotopic (exact) mass is 493 g/mol. The first-order chi connectivity index (χ1) is 16.6. The zero-order chi connectivity index (χ0) is 25.2. The van der Waals surface area contributed by atoms with Crippen molar-refractivity contribution in [3.63, 3.8) is 0 Å². The van der Waals surface area contributed by atoms with Gasteiger partial charge < -0.3 is 24.8 Å². The summed E-state index contributed by atoms with van der Waals surface area (Å²) in [5.74, 6) is 0.382. The average molecular weight is 493 g/mol. The fourth-order valence-corrected chi connectivity index (χ4v) is 4.03. The summed E-state index contributed by atoms with van der Waals surface area (Å²) in [4.78, 5) is 24.7. The van der Waals surface area contributed by atoms with Crippen LogP contribution in [0.15, 0.2) is 48.5 Å². The average Bonchev–Trinajstić information content (AvgIpc) is 3.37. The zero-order valence-electron chi connectivity index (χ0n) is 19.1. The highest BCUT2D eigenvalue weighted by molar-refractivity contribution is 5.89. The summed E-state index contributed by atoms with van der Waals surface area (Å²) >= 11 is 0. The summed E-state index contributed by atoms with van der Waals surface area (Å²) in [6.45, 7) is 4.35. The Balaban J connectivity index is 1.27. The van der Waals surface area contributed by atoms with E-state index < -0.39 is 48.2 Å². The molecule has 2 heterocycles. The molecule has 3 N–H and O–H groups in total. The quantitative estimate of drug-likeness (QED) is 0.559. The second-order valence-electron chi connectivity index (χ2n) is 8.72. The minimum absolute atomic E-state index is 0.0296. The lowest BCUT2D eigenvalue weighted by molar-refractivity contribution is -0.137. The van der Waals surface area contributed by atoms with Gasteiger partial charge in [0.2, 0.25) is 0 Å². The molecule has 0 spiro atoms. The van der Waals surface area contributed by atoms with Crippen molar-refractivity contribution in [2.75, 3.05) is 23.8 Å². The topological polar surface area (TPSA) is 97.9 Å². The number of carbonyl (C=O) groups is 2. The highest BCUT2D eigenvalue weighted by Crippen LogP contribution is 2.32. The molecule has 4 rings (SSSR count). The number of hydrogen-bond acceptors (Lipinski definition) is 5. The number of ether oxygens (including phenoxy) is 3. The van der Waals surface area contributed by atoms with Crippen LogP contribution in [0.2, 0.25) is 0 Å². The van der Waals surface area contributed by atoms with Gasteiger partial charge in [0, 0.05) is 11.4 Å². The second kappa shape index (κ2) is 10.1. The Labute approximate surface area is 200 Å². The van der Waals surface area contributed by atoms with E-state index in [9.17, 15) is 22.8 Å². The van der Waals surface area contributed by atoms with Gasteiger partial charge in [-0.25, -0.2) is 9.59 Å². The van der Waals surface area contributed by atoms with Crippen molar-refractivity contribution in [3.8, 4) is 0 Å². The van der Waals surface area contributed by atoms with E-state index in [1.165, 1.54) is 12.1 Å². The van der Waals surface area contributed by atoms with Gasteiger partial charge in [0.05, 0.1) is 24.8 Å². The molecule has 2 saturated heterocycles. The van der Waals surface area contributed by atoms with Crippen molar-refractivity contribution < 1.29 is 37.0 Å². The lowest BCUT2D eigenvalue weighted by Crippen LogP contribution is -2.46. The van der Waals surface area contributed by atoms with Crippen molar-refractivity contribution >= 4 is 23.5 Å². The Bertz CT molecular complexity index is 1060. The number of halogens is 3. The Kier molecular flexibility index (Phi) is 7.18. The standard InChI is InChI=1S/C24H26F3N3O5/c1-13(2)14-6-8-16(9-7-14)28-22(31)30-18-11-33-21-19(12-34-20(18)21)35-23(32)29-17-5-3-4-15(10-17)24(25,26)27/h3-10,13,18-21H,11-12H2,1-2H3,(H,29,32)(H2,28,30,31)/t18-,19+,20+,21+/m0/s1. The fourth-order valence-electron chi connectivity index (χ4n) is 4.03. The first-order valence-corrected chi connectivity index (χ1v) is 11.2. The third-order valence-electron chi connectivity index (χ3n) is 5.85. The van der Waals surface area contributed by atoms with E-state index in [0.29, 0.717) is 11.6 Å². The van der Waals surface area contributed by atoms with Crippen LogP contribution in [0.25, 0.3) is 0 Å². The number of fused-ring (bicyclic) bond motifs is 1. The molecule has 0 saturated carbocycles. The number of anilines is 2. The van der Waals surface area contributed by atoms with Crippen LogP contribution < -0.4 is 16.0 Å². The van der Waals surface area contributed by atoms with E-state index in [4.69, 9.17) is 14.2 Å². The third-order valence-corrected chi connectivity index (χ3v) is 5.85. The van der Waals surface area contributed by atoms with Gasteiger partial charge in [-0.15, -0.1) is 0 Å². The van der Waals surface area contributed by atoms with Crippen molar-refractivity contribution in [1.82, 2.24) is 5.32 Å². The van der Waals surface area contributed by atoms with Crippen LogP contribution in [0.1, 0.15) is 30.9 Å². The van der Waals surface area contributed by atoms with Crippen molar-refractivity contribution in [2.24, 2.45) is 0 Å². The van der Waals surface area contributed by atoms with Gasteiger partial charge in [0.1, 0.15) is 12.2 Å². The molecule has 2 aromatic rings. The lowest BCUT2D eigenvalue weighted by atomic mass is 10.0. The van der Waals surface area contributed by atoms with E-state index in [-0.39, 0.29) is 18.9 Å². The number of carbonyl (C=O) groups excluding carboxylic acids is 2. The number of rotatable bonds is 5. The minimum atomic E-state index is -4.53. The lowest BCUT2D eigenvalue weighted by Gasteiger charge is -2.18. The van der Waals surface area contributed by atoms with Gasteiger partial charge in [-0.3, -0.25) is 5.32 Å². The Hall–Kier alpha value is -3.31. The molecular formula is C24H26F3N3O5. The molecule has 0 aromatic heterocycles. The van der Waals surface area contributed by atoms with E-state index in [2.05, 4.69) is 29.8 Å². The molecule has 188 valence electrons. The number of hydrogen-bond donors (Lipinski definition) is 3. The molecule has 0 bridgehead atoms. The fraction of sp³-hybridized carbons (Fsp3) is 0.417. The van der Waals surface area contributed by atoms with Gasteiger partial charge in [0.15, 0.2) is 6.10 Å². The molecule has 2 aliphatic rings. The number of benzene rings is 2. The van der Waals surface area contributed by atoms with Gasteiger partial charge in [-0.1, -0.05) is 32.0 Å². The highest BCUT2D eigenvalue weighted by Gasteiger charge is 2.50. The van der Waals surface area contributed by atoms with Crippen molar-refractivity contribution in [1.29, 1.82) is 0 Å². The van der Waals surface area contributed by atoms with E-state index in [1.807, 2.05) is 24.3 Å². The Morgan fingerprint density at radius 3 is 2.37 bits per heavy atom. The Morgan fingerprint density at radius 1 is 0.971 bits per heavy atom. The van der Waals surface area contributed by atoms with Gasteiger partial charge in [0.25, 0.3) is 0 Å². The maximum Gasteiger partial charge on any atom is 0.416 e. The molecule has 11 heteroatoms.